The molecular formula is C15H26N2O4. The zero-order valence-corrected chi connectivity index (χ0v) is 12.4. The average molecular weight is 298 g/mol. The van der Waals surface area contributed by atoms with Crippen molar-refractivity contribution < 1.29 is 19.4 Å². The zero-order chi connectivity index (χ0) is 15.5. The molecule has 1 rings (SSSR count). The SMILES string of the molecule is N[C@@H](CCCCNC(=O)OC1CC/C=C/CCC1)C(=O)O. The van der Waals surface area contributed by atoms with E-state index in [9.17, 15) is 9.59 Å². The molecule has 1 unspecified atom stereocenters. The van der Waals surface area contributed by atoms with E-state index in [1.54, 1.807) is 0 Å². The second-order valence-electron chi connectivity index (χ2n) is 5.37. The first kappa shape index (κ1) is 17.5. The first-order valence-corrected chi connectivity index (χ1v) is 7.67. The van der Waals surface area contributed by atoms with Crippen molar-refractivity contribution in [2.75, 3.05) is 6.54 Å². The summed E-state index contributed by atoms with van der Waals surface area (Å²) >= 11 is 0. The molecule has 0 radical (unpaired) electrons. The largest absolute Gasteiger partial charge is 0.480 e. The van der Waals surface area contributed by atoms with Gasteiger partial charge in [-0.1, -0.05) is 12.2 Å². The van der Waals surface area contributed by atoms with Gasteiger partial charge in [-0.15, -0.1) is 0 Å². The molecule has 0 saturated carbocycles. The van der Waals surface area contributed by atoms with E-state index in [1.165, 1.54) is 0 Å². The van der Waals surface area contributed by atoms with Crippen molar-refractivity contribution in [1.82, 2.24) is 5.32 Å². The van der Waals surface area contributed by atoms with Crippen LogP contribution in [0.4, 0.5) is 4.79 Å². The standard InChI is InChI=1S/C15H26N2O4/c16-13(14(18)19)10-6-7-11-17-15(20)21-12-8-4-2-1-3-5-9-12/h1-2,12-13H,3-11,16H2,(H,17,20)(H,18,19)/b2-1+/t12?,13-/m0/s1. The quantitative estimate of drug-likeness (QED) is 0.494. The number of nitrogens with one attached hydrogen (secondary N) is 1. The van der Waals surface area contributed by atoms with Crippen LogP contribution in [0.5, 0.6) is 0 Å². The van der Waals surface area contributed by atoms with Gasteiger partial charge in [-0.3, -0.25) is 4.79 Å². The molecule has 120 valence electrons. The second-order valence-corrected chi connectivity index (χ2v) is 5.37. The van der Waals surface area contributed by atoms with Gasteiger partial charge in [-0.25, -0.2) is 4.79 Å². The van der Waals surface area contributed by atoms with Crippen LogP contribution in [0.15, 0.2) is 12.2 Å². The van der Waals surface area contributed by atoms with E-state index < -0.39 is 12.0 Å². The summed E-state index contributed by atoms with van der Waals surface area (Å²) in [6.07, 6.45) is 10.5. The Bertz CT molecular complexity index is 358. The number of alkyl carbamates (subject to hydrolysis) is 1. The minimum Gasteiger partial charge on any atom is -0.480 e. The number of carboxylic acids is 1. The van der Waals surface area contributed by atoms with Crippen LogP contribution < -0.4 is 11.1 Å². The van der Waals surface area contributed by atoms with Gasteiger partial charge in [0.25, 0.3) is 0 Å². The molecule has 0 spiro atoms. The highest BCUT2D eigenvalue weighted by Crippen LogP contribution is 2.15. The third-order valence-electron chi connectivity index (χ3n) is 3.52. The van der Waals surface area contributed by atoms with E-state index in [-0.39, 0.29) is 12.2 Å². The van der Waals surface area contributed by atoms with Gasteiger partial charge in [-0.05, 0) is 51.4 Å². The fourth-order valence-electron chi connectivity index (χ4n) is 2.24. The third kappa shape index (κ3) is 8.34. The van der Waals surface area contributed by atoms with Gasteiger partial charge in [0.2, 0.25) is 0 Å². The summed E-state index contributed by atoms with van der Waals surface area (Å²) in [4.78, 5) is 22.2. The summed E-state index contributed by atoms with van der Waals surface area (Å²) < 4.78 is 5.39. The summed E-state index contributed by atoms with van der Waals surface area (Å²) in [5.74, 6) is -0.985. The number of hydrogen-bond acceptors (Lipinski definition) is 4. The summed E-state index contributed by atoms with van der Waals surface area (Å²) in [5, 5.41) is 11.3. The van der Waals surface area contributed by atoms with Crippen LogP contribution in [0.3, 0.4) is 0 Å². The molecule has 0 fully saturated rings. The number of aliphatic carboxylic acids is 1. The molecule has 4 N–H and O–H groups in total. The Hall–Kier alpha value is -1.56. The Labute approximate surface area is 125 Å². The molecule has 21 heavy (non-hydrogen) atoms. The lowest BCUT2D eigenvalue weighted by Gasteiger charge is -2.18. The van der Waals surface area contributed by atoms with Crippen molar-refractivity contribution in [3.63, 3.8) is 0 Å². The topological polar surface area (TPSA) is 102 Å². The third-order valence-corrected chi connectivity index (χ3v) is 3.52. The summed E-state index contributed by atoms with van der Waals surface area (Å²) in [5.41, 5.74) is 5.39. The van der Waals surface area contributed by atoms with E-state index >= 15 is 0 Å². The maximum atomic E-state index is 11.6. The fourth-order valence-corrected chi connectivity index (χ4v) is 2.24. The van der Waals surface area contributed by atoms with Gasteiger partial charge >= 0.3 is 12.1 Å². The molecular weight excluding hydrogens is 272 g/mol. The van der Waals surface area contributed by atoms with E-state index in [1.807, 2.05) is 0 Å². The van der Waals surface area contributed by atoms with E-state index in [4.69, 9.17) is 15.6 Å². The number of amides is 1. The number of rotatable bonds is 7. The van der Waals surface area contributed by atoms with Crippen LogP contribution in [-0.4, -0.2) is 35.9 Å². The molecule has 0 saturated heterocycles. The predicted molar refractivity (Wildman–Crippen MR) is 80.0 cm³/mol. The van der Waals surface area contributed by atoms with E-state index in [0.29, 0.717) is 25.8 Å². The fraction of sp³-hybridized carbons (Fsp3) is 0.733. The maximum absolute atomic E-state index is 11.6. The van der Waals surface area contributed by atoms with Crippen LogP contribution in [0, 0.1) is 0 Å². The van der Waals surface area contributed by atoms with Crippen LogP contribution in [0.1, 0.15) is 51.4 Å². The lowest BCUT2D eigenvalue weighted by molar-refractivity contribution is -0.138. The maximum Gasteiger partial charge on any atom is 0.407 e. The Balaban J connectivity index is 2.08. The molecule has 0 aromatic carbocycles. The zero-order valence-electron chi connectivity index (χ0n) is 12.4. The number of carbonyl (C=O) groups excluding carboxylic acids is 1. The molecule has 0 bridgehead atoms. The number of hydrogen-bond donors (Lipinski definition) is 3. The molecule has 6 heteroatoms. The number of allylic oxidation sites excluding steroid dienone is 2. The van der Waals surface area contributed by atoms with Gasteiger partial charge in [0.05, 0.1) is 0 Å². The highest BCUT2D eigenvalue weighted by Gasteiger charge is 2.14. The second kappa shape index (κ2) is 10.2. The molecule has 0 aromatic heterocycles. The molecule has 2 atom stereocenters. The number of unbranched alkanes of at least 4 members (excludes halogenated alkanes) is 1. The first-order valence-electron chi connectivity index (χ1n) is 7.67. The minimum absolute atomic E-state index is 0.00428. The van der Waals surface area contributed by atoms with Crippen LogP contribution in [0.25, 0.3) is 0 Å². The Kier molecular flexibility index (Phi) is 8.50. The Morgan fingerprint density at radius 1 is 1.29 bits per heavy atom. The van der Waals surface area contributed by atoms with Crippen LogP contribution in [-0.2, 0) is 9.53 Å². The normalized spacial score (nSPS) is 21.7. The van der Waals surface area contributed by atoms with Crippen LogP contribution in [0.2, 0.25) is 0 Å². The lowest BCUT2D eigenvalue weighted by atomic mass is 10.0. The van der Waals surface area contributed by atoms with E-state index in [0.717, 1.165) is 32.1 Å². The van der Waals surface area contributed by atoms with Crippen molar-refractivity contribution >= 4 is 12.1 Å². The smallest absolute Gasteiger partial charge is 0.407 e. The highest BCUT2D eigenvalue weighted by atomic mass is 16.6. The van der Waals surface area contributed by atoms with Gasteiger partial charge in [0.15, 0.2) is 0 Å². The number of ether oxygens (including phenoxy) is 1. The molecule has 0 aliphatic heterocycles. The number of carboxylic acid groups (broad SMARTS) is 1. The molecule has 0 heterocycles. The summed E-state index contributed by atoms with van der Waals surface area (Å²) in [6.45, 7) is 0.484. The minimum atomic E-state index is -0.985. The predicted octanol–water partition coefficient (Wildman–Crippen LogP) is 2.18. The van der Waals surface area contributed by atoms with Gasteiger partial charge < -0.3 is 20.9 Å². The van der Waals surface area contributed by atoms with Crippen molar-refractivity contribution in [1.29, 1.82) is 0 Å². The summed E-state index contributed by atoms with van der Waals surface area (Å²) in [7, 11) is 0. The molecule has 1 aliphatic rings. The first-order chi connectivity index (χ1) is 10.1. The van der Waals surface area contributed by atoms with E-state index in [2.05, 4.69) is 17.5 Å². The van der Waals surface area contributed by atoms with Crippen molar-refractivity contribution in [2.45, 2.75) is 63.5 Å². The Morgan fingerprint density at radius 2 is 2.05 bits per heavy atom. The molecule has 1 aliphatic carbocycles. The van der Waals surface area contributed by atoms with Gasteiger partial charge in [-0.2, -0.15) is 0 Å². The molecule has 1 amide bonds. The molecule has 0 aromatic rings. The van der Waals surface area contributed by atoms with Crippen molar-refractivity contribution in [3.05, 3.63) is 12.2 Å². The lowest BCUT2D eigenvalue weighted by Crippen LogP contribution is -2.31. The highest BCUT2D eigenvalue weighted by molar-refractivity contribution is 5.72. The molecule has 6 nitrogen and oxygen atoms in total. The monoisotopic (exact) mass is 298 g/mol. The van der Waals surface area contributed by atoms with Crippen LogP contribution >= 0.6 is 0 Å². The average Bonchev–Trinajstić information content (AvgIpc) is 2.41. The van der Waals surface area contributed by atoms with Crippen molar-refractivity contribution in [2.24, 2.45) is 5.73 Å². The number of carbonyl (C=O) groups is 2. The Morgan fingerprint density at radius 3 is 2.81 bits per heavy atom. The van der Waals surface area contributed by atoms with Crippen molar-refractivity contribution in [3.8, 4) is 0 Å². The van der Waals surface area contributed by atoms with Gasteiger partial charge in [0.1, 0.15) is 12.1 Å². The number of nitrogens with two attached hydrogens (primary N) is 1. The van der Waals surface area contributed by atoms with Gasteiger partial charge in [0, 0.05) is 6.54 Å². The summed E-state index contributed by atoms with van der Waals surface area (Å²) in [6, 6.07) is -0.820.